The second-order valence-corrected chi connectivity index (χ2v) is 8.69. The molecule has 1 aliphatic heterocycles. The van der Waals surface area contributed by atoms with E-state index in [2.05, 4.69) is 24.5 Å². The largest absolute Gasteiger partial charge is 0.340 e. The molecule has 1 aliphatic carbocycles. The van der Waals surface area contributed by atoms with Gasteiger partial charge in [0, 0.05) is 25.7 Å². The summed E-state index contributed by atoms with van der Waals surface area (Å²) in [5, 5.41) is 5.92. The molecule has 3 rings (SSSR count). The average Bonchev–Trinajstić information content (AvgIpc) is 3.12. The fraction of sp³-hybridized carbons (Fsp3) is 0.619. The lowest BCUT2D eigenvalue weighted by Gasteiger charge is -2.45. The second-order valence-electron chi connectivity index (χ2n) is 8.69. The highest BCUT2D eigenvalue weighted by molar-refractivity contribution is 5.91. The van der Waals surface area contributed by atoms with Crippen molar-refractivity contribution >= 4 is 24.3 Å². The molecule has 3 amide bonds. The summed E-state index contributed by atoms with van der Waals surface area (Å²) in [7, 11) is 0. The number of urea groups is 1. The first-order chi connectivity index (χ1) is 12.8. The number of hydrogen-bond donors (Lipinski definition) is 3. The second kappa shape index (κ2) is 9.14. The molecular weight excluding hydrogens is 376 g/mol. The first kappa shape index (κ1) is 22.5. The Kier molecular flexibility index (Phi) is 7.34. The number of nitrogens with zero attached hydrogens (tertiary/aromatic N) is 1. The zero-order valence-electron chi connectivity index (χ0n) is 16.9. The molecule has 0 spiro atoms. The highest BCUT2D eigenvalue weighted by Gasteiger charge is 2.47. The van der Waals surface area contributed by atoms with E-state index in [1.54, 1.807) is 0 Å². The molecule has 1 atom stereocenters. The van der Waals surface area contributed by atoms with Crippen molar-refractivity contribution < 1.29 is 9.59 Å². The Balaban J connectivity index is 0.00000280. The number of likely N-dealkylation sites (tertiary alicyclic amines) is 1. The molecule has 156 valence electrons. The van der Waals surface area contributed by atoms with Gasteiger partial charge in [-0.3, -0.25) is 4.79 Å². The van der Waals surface area contributed by atoms with Crippen molar-refractivity contribution in [1.82, 2.24) is 15.5 Å². The highest BCUT2D eigenvalue weighted by Crippen LogP contribution is 2.35. The Labute approximate surface area is 174 Å². The fourth-order valence-corrected chi connectivity index (χ4v) is 4.26. The van der Waals surface area contributed by atoms with Crippen molar-refractivity contribution in [2.75, 3.05) is 13.1 Å². The number of benzene rings is 1. The number of nitrogens with two attached hydrogens (primary N) is 1. The Morgan fingerprint density at radius 2 is 1.82 bits per heavy atom. The van der Waals surface area contributed by atoms with Crippen LogP contribution in [0.4, 0.5) is 4.79 Å². The molecule has 1 saturated carbocycles. The van der Waals surface area contributed by atoms with Crippen LogP contribution in [0.25, 0.3) is 0 Å². The molecule has 7 heteroatoms. The zero-order valence-corrected chi connectivity index (χ0v) is 17.7. The summed E-state index contributed by atoms with van der Waals surface area (Å²) in [4.78, 5) is 27.8. The van der Waals surface area contributed by atoms with Crippen LogP contribution in [0, 0.1) is 5.41 Å². The molecule has 1 saturated heterocycles. The van der Waals surface area contributed by atoms with Crippen LogP contribution in [-0.2, 0) is 11.3 Å². The predicted molar refractivity (Wildman–Crippen MR) is 113 cm³/mol. The van der Waals surface area contributed by atoms with Crippen molar-refractivity contribution in [2.24, 2.45) is 11.1 Å². The molecule has 0 aromatic heterocycles. The summed E-state index contributed by atoms with van der Waals surface area (Å²) in [5.41, 5.74) is 6.37. The monoisotopic (exact) mass is 408 g/mol. The minimum atomic E-state index is -0.779. The number of carbonyl (C=O) groups excluding carboxylic acids is 2. The Hall–Kier alpha value is -1.79. The van der Waals surface area contributed by atoms with Crippen LogP contribution >= 0.6 is 12.4 Å². The van der Waals surface area contributed by atoms with Crippen LogP contribution in [0.1, 0.15) is 51.5 Å². The molecule has 0 bridgehead atoms. The van der Waals surface area contributed by atoms with Crippen LogP contribution in [0.15, 0.2) is 30.3 Å². The van der Waals surface area contributed by atoms with Gasteiger partial charge in [0.15, 0.2) is 0 Å². The summed E-state index contributed by atoms with van der Waals surface area (Å²) in [5.74, 6) is 0.0508. The van der Waals surface area contributed by atoms with Gasteiger partial charge in [0.25, 0.3) is 0 Å². The van der Waals surface area contributed by atoms with Gasteiger partial charge in [0.05, 0.1) is 0 Å². The molecule has 1 heterocycles. The Morgan fingerprint density at radius 3 is 2.43 bits per heavy atom. The minimum Gasteiger partial charge on any atom is -0.340 e. The van der Waals surface area contributed by atoms with Crippen LogP contribution in [0.3, 0.4) is 0 Å². The quantitative estimate of drug-likeness (QED) is 0.715. The lowest BCUT2D eigenvalue weighted by molar-refractivity contribution is -0.141. The van der Waals surface area contributed by atoms with Gasteiger partial charge in [-0.25, -0.2) is 4.79 Å². The summed E-state index contributed by atoms with van der Waals surface area (Å²) >= 11 is 0. The molecule has 2 aliphatic rings. The molecule has 0 radical (unpaired) electrons. The van der Waals surface area contributed by atoms with Crippen molar-refractivity contribution in [3.05, 3.63) is 35.9 Å². The topological polar surface area (TPSA) is 87.5 Å². The molecule has 1 aromatic rings. The maximum absolute atomic E-state index is 13.4. The summed E-state index contributed by atoms with van der Waals surface area (Å²) in [6.45, 7) is 5.97. The van der Waals surface area contributed by atoms with E-state index in [1.165, 1.54) is 0 Å². The number of amides is 3. The van der Waals surface area contributed by atoms with Crippen molar-refractivity contribution in [3.8, 4) is 0 Å². The van der Waals surface area contributed by atoms with E-state index in [0.29, 0.717) is 32.5 Å². The van der Waals surface area contributed by atoms with E-state index in [4.69, 9.17) is 5.73 Å². The van der Waals surface area contributed by atoms with Crippen LogP contribution < -0.4 is 16.4 Å². The van der Waals surface area contributed by atoms with Crippen molar-refractivity contribution in [3.63, 3.8) is 0 Å². The third-order valence-electron chi connectivity index (χ3n) is 6.11. The highest BCUT2D eigenvalue weighted by atomic mass is 35.5. The standard InChI is InChI=1S/C21H32N4O2.ClH/c1-20(2)15-25(13-10-17(20)22)18(26)21(11-6-7-12-21)24-19(27)23-14-16-8-4-3-5-9-16;/h3-5,8-9,17H,6-7,10-15,22H2,1-2H3,(H2,23,24,27);1H. The van der Waals surface area contributed by atoms with E-state index in [0.717, 1.165) is 24.8 Å². The number of hydrogen-bond acceptors (Lipinski definition) is 3. The lowest BCUT2D eigenvalue weighted by Crippen LogP contribution is -2.63. The first-order valence-corrected chi connectivity index (χ1v) is 9.97. The molecule has 2 fully saturated rings. The van der Waals surface area contributed by atoms with Gasteiger partial charge in [0.1, 0.15) is 5.54 Å². The van der Waals surface area contributed by atoms with Gasteiger partial charge in [-0.2, -0.15) is 0 Å². The zero-order chi connectivity index (χ0) is 19.5. The average molecular weight is 409 g/mol. The molecular formula is C21H33ClN4O2. The van der Waals surface area contributed by atoms with E-state index in [-0.39, 0.29) is 35.8 Å². The maximum atomic E-state index is 13.4. The Bertz CT molecular complexity index is 674. The van der Waals surface area contributed by atoms with Crippen molar-refractivity contribution in [1.29, 1.82) is 0 Å². The number of halogens is 1. The minimum absolute atomic E-state index is 0. The van der Waals surface area contributed by atoms with Gasteiger partial charge in [0.2, 0.25) is 5.91 Å². The van der Waals surface area contributed by atoms with Crippen LogP contribution in [0.5, 0.6) is 0 Å². The van der Waals surface area contributed by atoms with E-state index in [9.17, 15) is 9.59 Å². The predicted octanol–water partition coefficient (Wildman–Crippen LogP) is 2.81. The number of piperidine rings is 1. The van der Waals surface area contributed by atoms with E-state index < -0.39 is 5.54 Å². The van der Waals surface area contributed by atoms with Crippen LogP contribution in [-0.4, -0.2) is 41.5 Å². The van der Waals surface area contributed by atoms with Gasteiger partial charge in [-0.15, -0.1) is 12.4 Å². The van der Waals surface area contributed by atoms with E-state index >= 15 is 0 Å². The lowest BCUT2D eigenvalue weighted by atomic mass is 9.79. The van der Waals surface area contributed by atoms with Gasteiger partial charge in [-0.1, -0.05) is 57.0 Å². The summed E-state index contributed by atoms with van der Waals surface area (Å²) in [6, 6.07) is 9.60. The number of rotatable bonds is 4. The van der Waals surface area contributed by atoms with E-state index in [1.807, 2.05) is 35.2 Å². The third kappa shape index (κ3) is 4.97. The first-order valence-electron chi connectivity index (χ1n) is 9.97. The number of carbonyl (C=O) groups is 2. The summed E-state index contributed by atoms with van der Waals surface area (Å²) in [6.07, 6.45) is 4.12. The number of nitrogens with one attached hydrogen (secondary N) is 2. The maximum Gasteiger partial charge on any atom is 0.315 e. The van der Waals surface area contributed by atoms with Gasteiger partial charge >= 0.3 is 6.03 Å². The molecule has 1 aromatic carbocycles. The molecule has 4 N–H and O–H groups in total. The molecule has 1 unspecified atom stereocenters. The molecule has 28 heavy (non-hydrogen) atoms. The smallest absolute Gasteiger partial charge is 0.315 e. The normalized spacial score (nSPS) is 22.8. The van der Waals surface area contributed by atoms with Crippen molar-refractivity contribution in [2.45, 2.75) is 64.1 Å². The molecule has 6 nitrogen and oxygen atoms in total. The SMILES string of the molecule is CC1(C)CN(C(=O)C2(NC(=O)NCc3ccccc3)CCCC2)CCC1N.Cl. The van der Waals surface area contributed by atoms with Crippen LogP contribution in [0.2, 0.25) is 0 Å². The summed E-state index contributed by atoms with van der Waals surface area (Å²) < 4.78 is 0. The third-order valence-corrected chi connectivity index (χ3v) is 6.11. The van der Waals surface area contributed by atoms with Gasteiger partial charge < -0.3 is 21.3 Å². The van der Waals surface area contributed by atoms with Gasteiger partial charge in [-0.05, 0) is 30.2 Å². The fourth-order valence-electron chi connectivity index (χ4n) is 4.26. The Morgan fingerprint density at radius 1 is 1.18 bits per heavy atom.